The SMILES string of the molecule is COc1cnc2c(Oc3ccc(Nc4nnc(-c5ccc(F)cc5)c5ccccc45)cc3)ccnc2c1. The molecule has 180 valence electrons. The summed E-state index contributed by atoms with van der Waals surface area (Å²) in [6.45, 7) is 0. The van der Waals surface area contributed by atoms with Crippen LogP contribution in [0.15, 0.2) is 97.3 Å². The van der Waals surface area contributed by atoms with E-state index < -0.39 is 0 Å². The second kappa shape index (κ2) is 9.50. The number of nitrogens with zero attached hydrogens (tertiary/aromatic N) is 4. The van der Waals surface area contributed by atoms with Crippen molar-refractivity contribution in [3.63, 3.8) is 0 Å². The van der Waals surface area contributed by atoms with Gasteiger partial charge in [0, 0.05) is 40.4 Å². The Hall–Kier alpha value is -5.11. The average Bonchev–Trinajstić information content (AvgIpc) is 2.95. The maximum absolute atomic E-state index is 13.4. The molecular weight excluding hydrogens is 469 g/mol. The fourth-order valence-corrected chi connectivity index (χ4v) is 4.07. The van der Waals surface area contributed by atoms with Crippen LogP contribution in [0.25, 0.3) is 33.1 Å². The van der Waals surface area contributed by atoms with E-state index in [4.69, 9.17) is 9.47 Å². The first-order valence-electron chi connectivity index (χ1n) is 11.5. The van der Waals surface area contributed by atoms with Gasteiger partial charge in [0.1, 0.15) is 28.5 Å². The van der Waals surface area contributed by atoms with Crippen LogP contribution in [0.3, 0.4) is 0 Å². The van der Waals surface area contributed by atoms with Crippen molar-refractivity contribution >= 4 is 33.3 Å². The molecular formula is C29H20FN5O2. The van der Waals surface area contributed by atoms with Crippen LogP contribution in [0.5, 0.6) is 17.2 Å². The third-order valence-corrected chi connectivity index (χ3v) is 5.90. The molecule has 0 radical (unpaired) electrons. The standard InChI is InChI=1S/C29H20FN5O2/c1-36-22-16-25-28(32-17-22)26(14-15-31-25)37-21-12-10-20(11-13-21)33-29-24-5-3-2-4-23(24)27(34-35-29)18-6-8-19(30)9-7-18/h2-17H,1H3,(H,33,35). The summed E-state index contributed by atoms with van der Waals surface area (Å²) in [5.41, 5.74) is 3.65. The van der Waals surface area contributed by atoms with Crippen molar-refractivity contribution in [1.82, 2.24) is 20.2 Å². The summed E-state index contributed by atoms with van der Waals surface area (Å²) >= 11 is 0. The van der Waals surface area contributed by atoms with Crippen molar-refractivity contribution in [3.05, 3.63) is 103 Å². The van der Waals surface area contributed by atoms with Crippen LogP contribution in [0.4, 0.5) is 15.9 Å². The van der Waals surface area contributed by atoms with Crippen LogP contribution >= 0.6 is 0 Å². The first-order valence-corrected chi connectivity index (χ1v) is 11.5. The summed E-state index contributed by atoms with van der Waals surface area (Å²) in [6.07, 6.45) is 3.31. The number of aromatic nitrogens is 4. The van der Waals surface area contributed by atoms with Crippen molar-refractivity contribution in [2.45, 2.75) is 0 Å². The van der Waals surface area contributed by atoms with Gasteiger partial charge in [-0.25, -0.2) is 9.37 Å². The van der Waals surface area contributed by atoms with E-state index in [9.17, 15) is 4.39 Å². The number of hydrogen-bond donors (Lipinski definition) is 1. The second-order valence-corrected chi connectivity index (χ2v) is 8.25. The van der Waals surface area contributed by atoms with E-state index in [1.165, 1.54) is 12.1 Å². The van der Waals surface area contributed by atoms with Crippen LogP contribution in [0.2, 0.25) is 0 Å². The van der Waals surface area contributed by atoms with E-state index >= 15 is 0 Å². The summed E-state index contributed by atoms with van der Waals surface area (Å²) in [4.78, 5) is 8.77. The molecule has 0 aliphatic carbocycles. The number of methoxy groups -OCH3 is 1. The summed E-state index contributed by atoms with van der Waals surface area (Å²) < 4.78 is 24.7. The van der Waals surface area contributed by atoms with E-state index in [2.05, 4.69) is 25.5 Å². The maximum atomic E-state index is 13.4. The van der Waals surface area contributed by atoms with Gasteiger partial charge in [0.2, 0.25) is 0 Å². The lowest BCUT2D eigenvalue weighted by Gasteiger charge is -2.12. The molecule has 8 heteroatoms. The van der Waals surface area contributed by atoms with Crippen LogP contribution in [0, 0.1) is 5.82 Å². The molecule has 0 bridgehead atoms. The lowest BCUT2D eigenvalue weighted by molar-refractivity contribution is 0.413. The van der Waals surface area contributed by atoms with Crippen molar-refractivity contribution in [2.24, 2.45) is 0 Å². The Bertz CT molecular complexity index is 1720. The highest BCUT2D eigenvalue weighted by Gasteiger charge is 2.12. The van der Waals surface area contributed by atoms with Crippen LogP contribution in [-0.2, 0) is 0 Å². The highest BCUT2D eigenvalue weighted by Crippen LogP contribution is 2.33. The quantitative estimate of drug-likeness (QED) is 0.272. The summed E-state index contributed by atoms with van der Waals surface area (Å²) in [6, 6.07) is 25.2. The molecule has 0 spiro atoms. The van der Waals surface area contributed by atoms with Crippen molar-refractivity contribution in [2.75, 3.05) is 12.4 Å². The van der Waals surface area contributed by atoms with Gasteiger partial charge in [0.25, 0.3) is 0 Å². The molecule has 0 saturated carbocycles. The Morgan fingerprint density at radius 1 is 0.784 bits per heavy atom. The Kier molecular flexibility index (Phi) is 5.74. The van der Waals surface area contributed by atoms with Gasteiger partial charge in [-0.05, 0) is 48.5 Å². The van der Waals surface area contributed by atoms with Gasteiger partial charge in [0.15, 0.2) is 11.6 Å². The highest BCUT2D eigenvalue weighted by molar-refractivity contribution is 6.00. The zero-order valence-electron chi connectivity index (χ0n) is 19.7. The molecule has 37 heavy (non-hydrogen) atoms. The number of pyridine rings is 2. The molecule has 7 nitrogen and oxygen atoms in total. The molecule has 3 aromatic carbocycles. The minimum Gasteiger partial charge on any atom is -0.495 e. The molecule has 6 aromatic rings. The molecule has 0 aliphatic rings. The topological polar surface area (TPSA) is 82.0 Å². The van der Waals surface area contributed by atoms with Crippen molar-refractivity contribution in [3.8, 4) is 28.5 Å². The van der Waals surface area contributed by atoms with E-state index in [-0.39, 0.29) is 5.82 Å². The number of halogens is 1. The summed E-state index contributed by atoms with van der Waals surface area (Å²) in [7, 11) is 1.59. The lowest BCUT2D eigenvalue weighted by Crippen LogP contribution is -1.99. The number of anilines is 2. The van der Waals surface area contributed by atoms with E-state index in [1.807, 2.05) is 54.6 Å². The molecule has 0 amide bonds. The summed E-state index contributed by atoms with van der Waals surface area (Å²) in [5.74, 6) is 2.21. The molecule has 0 unspecified atom stereocenters. The monoisotopic (exact) mass is 489 g/mol. The fourth-order valence-electron chi connectivity index (χ4n) is 4.07. The molecule has 6 rings (SSSR count). The van der Waals surface area contributed by atoms with Gasteiger partial charge in [-0.3, -0.25) is 4.98 Å². The number of nitrogens with one attached hydrogen (secondary N) is 1. The minimum absolute atomic E-state index is 0.291. The predicted octanol–water partition coefficient (Wildman–Crippen LogP) is 6.92. The number of fused-ring (bicyclic) bond motifs is 2. The molecule has 1 N–H and O–H groups in total. The first kappa shape index (κ1) is 22.4. The number of hydrogen-bond acceptors (Lipinski definition) is 7. The molecule has 3 heterocycles. The maximum Gasteiger partial charge on any atom is 0.161 e. The van der Waals surface area contributed by atoms with Crippen molar-refractivity contribution < 1.29 is 13.9 Å². The molecule has 3 aromatic heterocycles. The van der Waals surface area contributed by atoms with Crippen LogP contribution in [-0.4, -0.2) is 27.3 Å². The predicted molar refractivity (Wildman–Crippen MR) is 141 cm³/mol. The smallest absolute Gasteiger partial charge is 0.161 e. The molecule has 0 fully saturated rings. The Morgan fingerprint density at radius 2 is 1.57 bits per heavy atom. The number of ether oxygens (including phenoxy) is 2. The Labute approximate surface area is 211 Å². The molecule has 0 saturated heterocycles. The first-order chi connectivity index (χ1) is 18.2. The molecule has 0 atom stereocenters. The van der Waals surface area contributed by atoms with Crippen LogP contribution in [0.1, 0.15) is 0 Å². The van der Waals surface area contributed by atoms with E-state index in [1.54, 1.807) is 37.7 Å². The van der Waals surface area contributed by atoms with Gasteiger partial charge in [-0.2, -0.15) is 0 Å². The van der Waals surface area contributed by atoms with E-state index in [0.29, 0.717) is 39.8 Å². The summed E-state index contributed by atoms with van der Waals surface area (Å²) in [5, 5.41) is 14.0. The van der Waals surface area contributed by atoms with E-state index in [0.717, 1.165) is 22.0 Å². The molecule has 0 aliphatic heterocycles. The average molecular weight is 490 g/mol. The zero-order valence-corrected chi connectivity index (χ0v) is 19.7. The normalized spacial score (nSPS) is 11.0. The Morgan fingerprint density at radius 3 is 2.35 bits per heavy atom. The fraction of sp³-hybridized carbons (Fsp3) is 0.0345. The van der Waals surface area contributed by atoms with Gasteiger partial charge >= 0.3 is 0 Å². The van der Waals surface area contributed by atoms with Gasteiger partial charge < -0.3 is 14.8 Å². The highest BCUT2D eigenvalue weighted by atomic mass is 19.1. The Balaban J connectivity index is 1.26. The zero-order chi connectivity index (χ0) is 25.2. The van der Waals surface area contributed by atoms with Crippen LogP contribution < -0.4 is 14.8 Å². The van der Waals surface area contributed by atoms with Gasteiger partial charge in [0.05, 0.1) is 18.8 Å². The lowest BCUT2D eigenvalue weighted by atomic mass is 10.0. The van der Waals surface area contributed by atoms with Gasteiger partial charge in [-0.15, -0.1) is 10.2 Å². The number of rotatable bonds is 6. The third kappa shape index (κ3) is 4.48. The number of benzene rings is 3. The third-order valence-electron chi connectivity index (χ3n) is 5.90. The second-order valence-electron chi connectivity index (χ2n) is 8.25. The largest absolute Gasteiger partial charge is 0.495 e. The van der Waals surface area contributed by atoms with Gasteiger partial charge in [-0.1, -0.05) is 24.3 Å². The minimum atomic E-state index is -0.291. The van der Waals surface area contributed by atoms with Crippen molar-refractivity contribution in [1.29, 1.82) is 0 Å².